The highest BCUT2D eigenvalue weighted by atomic mass is 32.2. The summed E-state index contributed by atoms with van der Waals surface area (Å²) in [6.07, 6.45) is 3.50. The van der Waals surface area contributed by atoms with Crippen LogP contribution in [0, 0.1) is 0 Å². The number of aromatic nitrogens is 2. The molecule has 4 rings (SSSR count). The highest BCUT2D eigenvalue weighted by Gasteiger charge is 2.15. The molecule has 0 spiro atoms. The van der Waals surface area contributed by atoms with Crippen LogP contribution in [0.4, 0.5) is 0 Å². The molecule has 0 bridgehead atoms. The lowest BCUT2D eigenvalue weighted by Gasteiger charge is -2.15. The van der Waals surface area contributed by atoms with Crippen LogP contribution < -0.4 is 15.0 Å². The van der Waals surface area contributed by atoms with Crippen molar-refractivity contribution in [2.45, 2.75) is 13.2 Å². The molecular weight excluding hydrogens is 402 g/mol. The molecule has 7 nitrogen and oxygen atoms in total. The van der Waals surface area contributed by atoms with Crippen LogP contribution in [-0.4, -0.2) is 18.0 Å². The summed E-state index contributed by atoms with van der Waals surface area (Å²) >= 11 is 0. The van der Waals surface area contributed by atoms with E-state index in [0.29, 0.717) is 17.9 Å². The van der Waals surface area contributed by atoms with Gasteiger partial charge < -0.3 is 14.3 Å². The van der Waals surface area contributed by atoms with Gasteiger partial charge in [0.25, 0.3) is 5.56 Å². The topological polar surface area (TPSA) is 93.2 Å². The van der Waals surface area contributed by atoms with Crippen molar-refractivity contribution in [3.05, 3.63) is 88.5 Å². The lowest BCUT2D eigenvalue weighted by atomic mass is 10.0. The summed E-state index contributed by atoms with van der Waals surface area (Å²) in [6.45, 7) is 0.562. The van der Waals surface area contributed by atoms with E-state index in [1.165, 1.54) is 4.57 Å². The Morgan fingerprint density at radius 1 is 1.03 bits per heavy atom. The predicted molar refractivity (Wildman–Crippen MR) is 117 cm³/mol. The third-order valence-electron chi connectivity index (χ3n) is 4.88. The molecule has 0 radical (unpaired) electrons. The van der Waals surface area contributed by atoms with Crippen LogP contribution in [0.3, 0.4) is 0 Å². The summed E-state index contributed by atoms with van der Waals surface area (Å²) in [5, 5.41) is 0.780. The van der Waals surface area contributed by atoms with E-state index in [1.54, 1.807) is 19.4 Å². The first-order chi connectivity index (χ1) is 14.5. The first kappa shape index (κ1) is 19.9. The summed E-state index contributed by atoms with van der Waals surface area (Å²) in [6, 6.07) is 17.2. The van der Waals surface area contributed by atoms with Gasteiger partial charge in [-0.25, -0.2) is 13.1 Å². The molecule has 0 amide bonds. The van der Waals surface area contributed by atoms with Gasteiger partial charge in [0.15, 0.2) is 0 Å². The monoisotopic (exact) mass is 423 g/mol. The van der Waals surface area contributed by atoms with Gasteiger partial charge >= 0.3 is 0 Å². The van der Waals surface area contributed by atoms with Gasteiger partial charge in [-0.3, -0.25) is 4.79 Å². The molecule has 0 saturated carbocycles. The van der Waals surface area contributed by atoms with Gasteiger partial charge in [0.1, 0.15) is 17.9 Å². The van der Waals surface area contributed by atoms with E-state index in [4.69, 9.17) is 4.74 Å². The molecule has 2 aromatic carbocycles. The van der Waals surface area contributed by atoms with Gasteiger partial charge in [-0.2, -0.15) is 0 Å². The van der Waals surface area contributed by atoms with E-state index < -0.39 is 10.9 Å². The minimum atomic E-state index is -2.69. The fraction of sp³-hybridized carbons (Fsp3) is 0.136. The number of nitrogens with zero attached hydrogens (tertiary/aromatic N) is 1. The fourth-order valence-corrected chi connectivity index (χ4v) is 3.71. The Hall–Kier alpha value is -3.36. The lowest BCUT2D eigenvalue weighted by Crippen LogP contribution is -2.16. The number of ether oxygens (including phenoxy) is 1. The molecule has 0 fully saturated rings. The van der Waals surface area contributed by atoms with Gasteiger partial charge in [-0.05, 0) is 29.3 Å². The zero-order chi connectivity index (χ0) is 21.1. The van der Waals surface area contributed by atoms with Crippen molar-refractivity contribution in [3.8, 4) is 16.9 Å². The van der Waals surface area contributed by atoms with Crippen LogP contribution >= 0.6 is 0 Å². The maximum absolute atomic E-state index is 12.4. The van der Waals surface area contributed by atoms with Crippen LogP contribution in [0.1, 0.15) is 11.1 Å². The van der Waals surface area contributed by atoms with Crippen molar-refractivity contribution in [1.29, 1.82) is 0 Å². The second-order valence-corrected chi connectivity index (χ2v) is 7.75. The molecule has 30 heavy (non-hydrogen) atoms. The van der Waals surface area contributed by atoms with Gasteiger partial charge in [-0.1, -0.05) is 36.4 Å². The number of aryl methyl sites for hydroxylation is 1. The van der Waals surface area contributed by atoms with Crippen molar-refractivity contribution in [2.24, 2.45) is 7.05 Å². The zero-order valence-corrected chi connectivity index (χ0v) is 17.2. The normalized spacial score (nSPS) is 11.3. The number of aromatic amines is 1. The van der Waals surface area contributed by atoms with Crippen molar-refractivity contribution in [1.82, 2.24) is 14.3 Å². The smallest absolute Gasteiger partial charge is 0.274 e. The summed E-state index contributed by atoms with van der Waals surface area (Å²) in [4.78, 5) is 15.4. The molecule has 154 valence electrons. The van der Waals surface area contributed by atoms with E-state index in [1.807, 2.05) is 54.6 Å². The first-order valence-corrected chi connectivity index (χ1v) is 10.6. The number of hydrogen-bond donors (Lipinski definition) is 3. The number of nitrogens with one attached hydrogen (secondary N) is 2. The molecule has 0 atom stereocenters. The molecule has 0 unspecified atom stereocenters. The van der Waals surface area contributed by atoms with Crippen LogP contribution in [0.5, 0.6) is 5.75 Å². The Kier molecular flexibility index (Phi) is 5.69. The molecule has 2 heterocycles. The van der Waals surface area contributed by atoms with Crippen LogP contribution in [-0.2, 0) is 31.1 Å². The van der Waals surface area contributed by atoms with Crippen molar-refractivity contribution >= 4 is 21.8 Å². The number of rotatable bonds is 7. The Labute approximate surface area is 175 Å². The average Bonchev–Trinajstić information content (AvgIpc) is 3.24. The fourth-order valence-electron chi connectivity index (χ4n) is 3.40. The zero-order valence-electron chi connectivity index (χ0n) is 16.3. The molecule has 0 saturated heterocycles. The SMILES string of the molecule is Cn1cc(-c2cc(CN[SH](=O)=O)ccc2OCc2ccccc2)c2cc[nH]c2c1=O. The Morgan fingerprint density at radius 3 is 2.60 bits per heavy atom. The maximum atomic E-state index is 12.4. The second kappa shape index (κ2) is 8.56. The summed E-state index contributed by atoms with van der Waals surface area (Å²) in [5.74, 6) is 0.648. The lowest BCUT2D eigenvalue weighted by molar-refractivity contribution is 0.307. The quantitative estimate of drug-likeness (QED) is 0.399. The molecule has 0 aliphatic carbocycles. The number of benzene rings is 2. The minimum absolute atomic E-state index is 0.119. The third kappa shape index (κ3) is 4.14. The van der Waals surface area contributed by atoms with Crippen molar-refractivity contribution in [2.75, 3.05) is 0 Å². The van der Waals surface area contributed by atoms with E-state index in [0.717, 1.165) is 27.6 Å². The molecule has 0 aliphatic rings. The third-order valence-corrected chi connectivity index (χ3v) is 5.29. The van der Waals surface area contributed by atoms with Crippen LogP contribution in [0.2, 0.25) is 0 Å². The van der Waals surface area contributed by atoms with Gasteiger partial charge in [0.05, 0.1) is 0 Å². The van der Waals surface area contributed by atoms with Gasteiger partial charge in [0, 0.05) is 42.5 Å². The maximum Gasteiger partial charge on any atom is 0.274 e. The number of fused-ring (bicyclic) bond motifs is 1. The number of hydrogen-bond acceptors (Lipinski definition) is 4. The molecular formula is C22H21N3O4S. The summed E-state index contributed by atoms with van der Waals surface area (Å²) < 4.78 is 31.9. The Morgan fingerprint density at radius 2 is 1.83 bits per heavy atom. The summed E-state index contributed by atoms with van der Waals surface area (Å²) in [5.41, 5.74) is 3.82. The highest BCUT2D eigenvalue weighted by Crippen LogP contribution is 2.35. The van der Waals surface area contributed by atoms with Crippen molar-refractivity contribution in [3.63, 3.8) is 0 Å². The van der Waals surface area contributed by atoms with E-state index in [-0.39, 0.29) is 12.1 Å². The largest absolute Gasteiger partial charge is 0.488 e. The molecule has 4 aromatic rings. The Bertz CT molecular complexity index is 1320. The number of pyridine rings is 1. The average molecular weight is 423 g/mol. The summed E-state index contributed by atoms with van der Waals surface area (Å²) in [7, 11) is -0.996. The second-order valence-electron chi connectivity index (χ2n) is 6.92. The molecule has 0 aliphatic heterocycles. The number of thiol groups is 1. The van der Waals surface area contributed by atoms with E-state index in [2.05, 4.69) is 9.71 Å². The van der Waals surface area contributed by atoms with Gasteiger partial charge in [-0.15, -0.1) is 0 Å². The minimum Gasteiger partial charge on any atom is -0.488 e. The highest BCUT2D eigenvalue weighted by molar-refractivity contribution is 7.70. The molecule has 2 aromatic heterocycles. The first-order valence-electron chi connectivity index (χ1n) is 9.37. The van der Waals surface area contributed by atoms with Gasteiger partial charge in [0.2, 0.25) is 10.9 Å². The standard InChI is InChI=1S/C22H21N3O4S/c1-25-13-19(17-9-10-23-21(17)22(25)26)18-11-16(12-24-30(27)28)7-8-20(18)29-14-15-5-3-2-4-6-15/h2-11,13,23,30H,12,14H2,1H3,(H,24,27,28). The molecule has 2 N–H and O–H groups in total. The van der Waals surface area contributed by atoms with E-state index >= 15 is 0 Å². The predicted octanol–water partition coefficient (Wildman–Crippen LogP) is 2.73. The van der Waals surface area contributed by atoms with Crippen LogP contribution in [0.25, 0.3) is 22.0 Å². The van der Waals surface area contributed by atoms with Crippen molar-refractivity contribution < 1.29 is 13.2 Å². The van der Waals surface area contributed by atoms with Crippen LogP contribution in [0.15, 0.2) is 71.8 Å². The Balaban J connectivity index is 1.81. The van der Waals surface area contributed by atoms with E-state index in [9.17, 15) is 13.2 Å². The number of H-pyrrole nitrogens is 1. The molecule has 8 heteroatoms.